The number of hydrogen-bond donors (Lipinski definition) is 1. The first-order valence-electron chi connectivity index (χ1n) is 6.04. The second-order valence-corrected chi connectivity index (χ2v) is 5.43. The molecule has 5 nitrogen and oxygen atoms in total. The third kappa shape index (κ3) is 2.36. The zero-order valence-corrected chi connectivity index (χ0v) is 11.0. The highest BCUT2D eigenvalue weighted by molar-refractivity contribution is 7.10. The molecule has 19 heavy (non-hydrogen) atoms. The van der Waals surface area contributed by atoms with Crippen molar-refractivity contribution < 1.29 is 9.90 Å². The molecule has 0 saturated heterocycles. The van der Waals surface area contributed by atoms with Gasteiger partial charge in [0.25, 0.3) is 0 Å². The molecule has 0 spiro atoms. The SMILES string of the molecule is O=C(O)C1c2ccsc2CCN1Cc1ncccn1. The van der Waals surface area contributed by atoms with E-state index in [1.165, 1.54) is 4.88 Å². The first kappa shape index (κ1) is 12.3. The summed E-state index contributed by atoms with van der Waals surface area (Å²) in [6.45, 7) is 1.19. The Morgan fingerprint density at radius 2 is 2.26 bits per heavy atom. The van der Waals surface area contributed by atoms with Gasteiger partial charge in [0.2, 0.25) is 0 Å². The Balaban J connectivity index is 1.88. The molecular weight excluding hydrogens is 262 g/mol. The van der Waals surface area contributed by atoms with Crippen molar-refractivity contribution in [3.05, 3.63) is 46.2 Å². The molecule has 1 N–H and O–H groups in total. The van der Waals surface area contributed by atoms with E-state index < -0.39 is 12.0 Å². The van der Waals surface area contributed by atoms with Crippen LogP contribution >= 0.6 is 11.3 Å². The van der Waals surface area contributed by atoms with Gasteiger partial charge in [-0.25, -0.2) is 9.97 Å². The van der Waals surface area contributed by atoms with Crippen molar-refractivity contribution in [3.8, 4) is 0 Å². The van der Waals surface area contributed by atoms with Crippen LogP contribution in [0.3, 0.4) is 0 Å². The Morgan fingerprint density at radius 3 is 3.00 bits per heavy atom. The molecule has 2 aromatic heterocycles. The first-order valence-corrected chi connectivity index (χ1v) is 6.92. The zero-order chi connectivity index (χ0) is 13.2. The maximum atomic E-state index is 11.5. The maximum Gasteiger partial charge on any atom is 0.325 e. The quantitative estimate of drug-likeness (QED) is 0.924. The summed E-state index contributed by atoms with van der Waals surface area (Å²) in [5, 5.41) is 11.4. The third-order valence-corrected chi connectivity index (χ3v) is 4.26. The maximum absolute atomic E-state index is 11.5. The molecule has 2 aromatic rings. The lowest BCUT2D eigenvalue weighted by Crippen LogP contribution is -2.38. The van der Waals surface area contributed by atoms with E-state index in [2.05, 4.69) is 9.97 Å². The predicted octanol–water partition coefficient (Wildman–Crippen LogP) is 1.72. The van der Waals surface area contributed by atoms with Crippen molar-refractivity contribution in [1.82, 2.24) is 14.9 Å². The Labute approximate surface area is 114 Å². The fraction of sp³-hybridized carbons (Fsp3) is 0.308. The van der Waals surface area contributed by atoms with E-state index in [0.717, 1.165) is 18.5 Å². The van der Waals surface area contributed by atoms with Gasteiger partial charge in [-0.15, -0.1) is 11.3 Å². The second kappa shape index (κ2) is 5.07. The van der Waals surface area contributed by atoms with E-state index in [-0.39, 0.29) is 0 Å². The number of hydrogen-bond acceptors (Lipinski definition) is 5. The summed E-state index contributed by atoms with van der Waals surface area (Å²) < 4.78 is 0. The molecule has 0 aliphatic carbocycles. The summed E-state index contributed by atoms with van der Waals surface area (Å²) in [5.41, 5.74) is 0.916. The van der Waals surface area contributed by atoms with Crippen molar-refractivity contribution in [2.45, 2.75) is 19.0 Å². The molecule has 0 bridgehead atoms. The topological polar surface area (TPSA) is 66.3 Å². The molecule has 0 amide bonds. The number of carbonyl (C=O) groups is 1. The van der Waals surface area contributed by atoms with Crippen molar-refractivity contribution in [2.24, 2.45) is 0 Å². The Kier molecular flexibility index (Phi) is 3.27. The van der Waals surface area contributed by atoms with E-state index in [4.69, 9.17) is 0 Å². The monoisotopic (exact) mass is 275 g/mol. The van der Waals surface area contributed by atoms with Crippen LogP contribution in [0.5, 0.6) is 0 Å². The van der Waals surface area contributed by atoms with Gasteiger partial charge in [-0.2, -0.15) is 0 Å². The first-order chi connectivity index (χ1) is 9.25. The minimum atomic E-state index is -0.810. The lowest BCUT2D eigenvalue weighted by molar-refractivity contribution is -0.144. The fourth-order valence-corrected chi connectivity index (χ4v) is 3.32. The molecule has 6 heteroatoms. The van der Waals surface area contributed by atoms with Gasteiger partial charge in [0, 0.05) is 23.8 Å². The van der Waals surface area contributed by atoms with Gasteiger partial charge in [0.15, 0.2) is 0 Å². The highest BCUT2D eigenvalue weighted by atomic mass is 32.1. The van der Waals surface area contributed by atoms with Gasteiger partial charge < -0.3 is 5.11 Å². The normalized spacial score (nSPS) is 19.1. The van der Waals surface area contributed by atoms with Crippen LogP contribution in [0.4, 0.5) is 0 Å². The Hall–Kier alpha value is -1.79. The average molecular weight is 275 g/mol. The lowest BCUT2D eigenvalue weighted by atomic mass is 10.00. The molecule has 0 fully saturated rings. The van der Waals surface area contributed by atoms with E-state index in [9.17, 15) is 9.90 Å². The summed E-state index contributed by atoms with van der Waals surface area (Å²) >= 11 is 1.63. The largest absolute Gasteiger partial charge is 0.480 e. The van der Waals surface area contributed by atoms with Gasteiger partial charge in [-0.3, -0.25) is 9.69 Å². The van der Waals surface area contributed by atoms with Gasteiger partial charge in [-0.1, -0.05) is 0 Å². The standard InChI is InChI=1S/C13H13N3O2S/c17-13(18)12-9-3-7-19-10(9)2-6-16(12)8-11-14-4-1-5-15-11/h1,3-5,7,12H,2,6,8H2,(H,17,18). The van der Waals surface area contributed by atoms with Crippen LogP contribution in [0, 0.1) is 0 Å². The number of nitrogens with zero attached hydrogens (tertiary/aromatic N) is 3. The van der Waals surface area contributed by atoms with Crippen molar-refractivity contribution in [3.63, 3.8) is 0 Å². The van der Waals surface area contributed by atoms with Crippen molar-refractivity contribution >= 4 is 17.3 Å². The van der Waals surface area contributed by atoms with E-state index in [1.54, 1.807) is 29.8 Å². The summed E-state index contributed by atoms with van der Waals surface area (Å²) in [7, 11) is 0. The molecule has 1 unspecified atom stereocenters. The number of aromatic nitrogens is 2. The molecule has 0 saturated carbocycles. The van der Waals surface area contributed by atoms with Crippen LogP contribution < -0.4 is 0 Å². The van der Waals surface area contributed by atoms with Gasteiger partial charge >= 0.3 is 5.97 Å². The minimum absolute atomic E-state index is 0.465. The number of carboxylic acid groups (broad SMARTS) is 1. The summed E-state index contributed by atoms with van der Waals surface area (Å²) in [6.07, 6.45) is 4.25. The highest BCUT2D eigenvalue weighted by Crippen LogP contribution is 2.33. The molecule has 98 valence electrons. The smallest absolute Gasteiger partial charge is 0.325 e. The Bertz CT molecular complexity index is 585. The third-order valence-electron chi connectivity index (χ3n) is 3.26. The van der Waals surface area contributed by atoms with E-state index in [0.29, 0.717) is 12.4 Å². The van der Waals surface area contributed by atoms with Crippen LogP contribution in [-0.4, -0.2) is 32.5 Å². The highest BCUT2D eigenvalue weighted by Gasteiger charge is 2.33. The van der Waals surface area contributed by atoms with E-state index >= 15 is 0 Å². The van der Waals surface area contributed by atoms with Gasteiger partial charge in [0.1, 0.15) is 11.9 Å². The van der Waals surface area contributed by atoms with Crippen LogP contribution in [0.15, 0.2) is 29.9 Å². The zero-order valence-electron chi connectivity index (χ0n) is 10.2. The molecule has 3 rings (SSSR count). The number of carboxylic acids is 1. The molecular formula is C13H13N3O2S. The van der Waals surface area contributed by atoms with E-state index in [1.807, 2.05) is 16.3 Å². The molecule has 0 radical (unpaired) electrons. The number of fused-ring (bicyclic) bond motifs is 1. The summed E-state index contributed by atoms with van der Waals surface area (Å²) in [4.78, 5) is 23.0. The average Bonchev–Trinajstić information content (AvgIpc) is 2.87. The molecule has 3 heterocycles. The minimum Gasteiger partial charge on any atom is -0.480 e. The number of aliphatic carboxylic acids is 1. The van der Waals surface area contributed by atoms with Gasteiger partial charge in [-0.05, 0) is 29.5 Å². The number of thiophene rings is 1. The second-order valence-electron chi connectivity index (χ2n) is 4.43. The number of rotatable bonds is 3. The Morgan fingerprint density at radius 1 is 1.47 bits per heavy atom. The van der Waals surface area contributed by atoms with Crippen LogP contribution in [0.25, 0.3) is 0 Å². The summed E-state index contributed by atoms with van der Waals surface area (Å²) in [6, 6.07) is 3.08. The predicted molar refractivity (Wildman–Crippen MR) is 70.8 cm³/mol. The molecule has 1 aliphatic heterocycles. The fourth-order valence-electron chi connectivity index (χ4n) is 2.42. The van der Waals surface area contributed by atoms with Gasteiger partial charge in [0.05, 0.1) is 6.54 Å². The van der Waals surface area contributed by atoms with Crippen molar-refractivity contribution in [2.75, 3.05) is 6.54 Å². The van der Waals surface area contributed by atoms with Crippen LogP contribution in [0.2, 0.25) is 0 Å². The lowest BCUT2D eigenvalue weighted by Gasteiger charge is -2.32. The molecule has 1 atom stereocenters. The van der Waals surface area contributed by atoms with Crippen LogP contribution in [0.1, 0.15) is 22.3 Å². The van der Waals surface area contributed by atoms with Crippen molar-refractivity contribution in [1.29, 1.82) is 0 Å². The molecule has 0 aromatic carbocycles. The van der Waals surface area contributed by atoms with Crippen LogP contribution in [-0.2, 0) is 17.8 Å². The molecule has 1 aliphatic rings. The summed E-state index contributed by atoms with van der Waals surface area (Å²) in [5.74, 6) is -0.150.